The average Bonchev–Trinajstić information content (AvgIpc) is 2.59. The number of aryl methyl sites for hydroxylation is 1. The summed E-state index contributed by atoms with van der Waals surface area (Å²) in [7, 11) is 1.59. The molecule has 1 aromatic rings. The summed E-state index contributed by atoms with van der Waals surface area (Å²) in [4.78, 5) is 4.01. The normalized spacial score (nSPS) is 13.1. The highest BCUT2D eigenvalue weighted by molar-refractivity contribution is 4.84. The summed E-state index contributed by atoms with van der Waals surface area (Å²) in [6.07, 6.45) is 0. The first-order valence-corrected chi connectivity index (χ1v) is 4.38. The molecule has 6 nitrogen and oxygen atoms in total. The third-order valence-electron chi connectivity index (χ3n) is 1.71. The molecule has 1 aromatic heterocycles. The zero-order valence-corrected chi connectivity index (χ0v) is 8.36. The average molecular weight is 201 g/mol. The Kier molecular flexibility index (Phi) is 4.51. The third-order valence-corrected chi connectivity index (χ3v) is 1.71. The van der Waals surface area contributed by atoms with Crippen molar-refractivity contribution in [2.24, 2.45) is 0 Å². The maximum atomic E-state index is 8.93. The summed E-state index contributed by atoms with van der Waals surface area (Å²) in [6.45, 7) is 2.67. The number of ether oxygens (including phenoxy) is 1. The van der Waals surface area contributed by atoms with Crippen LogP contribution in [0.5, 0.6) is 0 Å². The summed E-state index contributed by atoms with van der Waals surface area (Å²) < 4.78 is 9.70. The number of aliphatic hydroxyl groups excluding tert-OH is 1. The number of rotatable bonds is 6. The van der Waals surface area contributed by atoms with Crippen LogP contribution in [0.3, 0.4) is 0 Å². The molecule has 1 atom stereocenters. The van der Waals surface area contributed by atoms with E-state index in [-0.39, 0.29) is 12.6 Å². The lowest BCUT2D eigenvalue weighted by Crippen LogP contribution is -2.36. The minimum Gasteiger partial charge on any atom is -0.395 e. The van der Waals surface area contributed by atoms with Gasteiger partial charge in [-0.25, -0.2) is 0 Å². The van der Waals surface area contributed by atoms with Crippen LogP contribution < -0.4 is 5.32 Å². The number of methoxy groups -OCH3 is 1. The SMILES string of the molecule is COCC(CO)NCc1noc(C)n1. The van der Waals surface area contributed by atoms with Crippen molar-refractivity contribution >= 4 is 0 Å². The van der Waals surface area contributed by atoms with E-state index >= 15 is 0 Å². The van der Waals surface area contributed by atoms with Crippen molar-refractivity contribution in [3.05, 3.63) is 11.7 Å². The molecule has 0 aliphatic carbocycles. The first-order valence-electron chi connectivity index (χ1n) is 4.38. The van der Waals surface area contributed by atoms with Crippen molar-refractivity contribution in [2.75, 3.05) is 20.3 Å². The van der Waals surface area contributed by atoms with Gasteiger partial charge in [-0.2, -0.15) is 4.98 Å². The summed E-state index contributed by atoms with van der Waals surface area (Å²) >= 11 is 0. The van der Waals surface area contributed by atoms with Crippen LogP contribution in [0.2, 0.25) is 0 Å². The molecule has 0 radical (unpaired) electrons. The molecule has 0 fully saturated rings. The quantitative estimate of drug-likeness (QED) is 0.644. The Balaban J connectivity index is 2.31. The molecular weight excluding hydrogens is 186 g/mol. The van der Waals surface area contributed by atoms with Gasteiger partial charge in [0.2, 0.25) is 5.89 Å². The first-order chi connectivity index (χ1) is 6.76. The van der Waals surface area contributed by atoms with Gasteiger partial charge in [-0.1, -0.05) is 5.16 Å². The lowest BCUT2D eigenvalue weighted by molar-refractivity contribution is 0.127. The summed E-state index contributed by atoms with van der Waals surface area (Å²) in [5.41, 5.74) is 0. The largest absolute Gasteiger partial charge is 0.395 e. The predicted octanol–water partition coefficient (Wildman–Crippen LogP) is -0.525. The number of nitrogens with zero attached hydrogens (tertiary/aromatic N) is 2. The highest BCUT2D eigenvalue weighted by atomic mass is 16.5. The molecule has 2 N–H and O–H groups in total. The standard InChI is InChI=1S/C8H15N3O3/c1-6-10-8(11-14-6)3-9-7(4-12)5-13-2/h7,9,12H,3-5H2,1-2H3. The van der Waals surface area contributed by atoms with Crippen LogP contribution in [0.15, 0.2) is 4.52 Å². The minimum atomic E-state index is -0.0983. The van der Waals surface area contributed by atoms with Crippen LogP contribution in [0, 0.1) is 6.92 Å². The fourth-order valence-electron chi connectivity index (χ4n) is 1.03. The molecule has 0 aliphatic rings. The summed E-state index contributed by atoms with van der Waals surface area (Å²) in [5, 5.41) is 15.7. The molecule has 1 unspecified atom stereocenters. The maximum absolute atomic E-state index is 8.93. The Morgan fingerprint density at radius 1 is 1.64 bits per heavy atom. The number of hydrogen-bond acceptors (Lipinski definition) is 6. The van der Waals surface area contributed by atoms with E-state index in [9.17, 15) is 0 Å². The van der Waals surface area contributed by atoms with E-state index in [2.05, 4.69) is 15.5 Å². The van der Waals surface area contributed by atoms with E-state index < -0.39 is 0 Å². The van der Waals surface area contributed by atoms with Crippen LogP contribution >= 0.6 is 0 Å². The molecule has 0 saturated heterocycles. The molecule has 0 spiro atoms. The Morgan fingerprint density at radius 2 is 2.43 bits per heavy atom. The monoisotopic (exact) mass is 201 g/mol. The van der Waals surface area contributed by atoms with Gasteiger partial charge in [0.25, 0.3) is 0 Å². The second kappa shape index (κ2) is 5.69. The molecule has 0 amide bonds. The van der Waals surface area contributed by atoms with Gasteiger partial charge >= 0.3 is 0 Å². The van der Waals surface area contributed by atoms with Gasteiger partial charge in [-0.15, -0.1) is 0 Å². The van der Waals surface area contributed by atoms with E-state index in [4.69, 9.17) is 14.4 Å². The predicted molar refractivity (Wildman–Crippen MR) is 48.6 cm³/mol. The lowest BCUT2D eigenvalue weighted by Gasteiger charge is -2.13. The minimum absolute atomic E-state index is 0.0185. The van der Waals surface area contributed by atoms with Crippen LogP contribution in [-0.4, -0.2) is 41.6 Å². The third kappa shape index (κ3) is 3.41. The smallest absolute Gasteiger partial charge is 0.223 e. The van der Waals surface area contributed by atoms with Gasteiger partial charge in [0.15, 0.2) is 5.82 Å². The fraction of sp³-hybridized carbons (Fsp3) is 0.750. The highest BCUT2D eigenvalue weighted by Gasteiger charge is 2.08. The molecule has 0 bridgehead atoms. The summed E-state index contributed by atoms with van der Waals surface area (Å²) in [6, 6.07) is -0.0983. The maximum Gasteiger partial charge on any atom is 0.223 e. The Morgan fingerprint density at radius 3 is 2.93 bits per heavy atom. The van der Waals surface area contributed by atoms with Crippen LogP contribution in [0.1, 0.15) is 11.7 Å². The summed E-state index contributed by atoms with van der Waals surface area (Å²) in [5.74, 6) is 1.12. The number of aromatic nitrogens is 2. The van der Waals surface area contributed by atoms with Crippen LogP contribution in [0.4, 0.5) is 0 Å². The lowest BCUT2D eigenvalue weighted by atomic mass is 10.3. The van der Waals surface area contributed by atoms with Gasteiger partial charge in [-0.3, -0.25) is 0 Å². The van der Waals surface area contributed by atoms with Crippen molar-refractivity contribution in [3.8, 4) is 0 Å². The van der Waals surface area contributed by atoms with E-state index in [0.717, 1.165) is 0 Å². The topological polar surface area (TPSA) is 80.4 Å². The molecule has 1 rings (SSSR count). The second-order valence-corrected chi connectivity index (χ2v) is 2.95. The Bertz CT molecular complexity index is 264. The molecule has 0 aliphatic heterocycles. The van der Waals surface area contributed by atoms with E-state index in [1.807, 2.05) is 0 Å². The number of aliphatic hydroxyl groups is 1. The van der Waals surface area contributed by atoms with E-state index in [0.29, 0.717) is 24.9 Å². The molecule has 1 heterocycles. The zero-order valence-electron chi connectivity index (χ0n) is 8.36. The molecule has 14 heavy (non-hydrogen) atoms. The molecule has 0 saturated carbocycles. The van der Waals surface area contributed by atoms with Gasteiger partial charge in [0.1, 0.15) is 0 Å². The molecule has 6 heteroatoms. The van der Waals surface area contributed by atoms with Gasteiger partial charge in [-0.05, 0) is 0 Å². The molecule has 80 valence electrons. The number of nitrogens with one attached hydrogen (secondary N) is 1. The number of hydrogen-bond donors (Lipinski definition) is 2. The van der Waals surface area contributed by atoms with Gasteiger partial charge in [0, 0.05) is 14.0 Å². The van der Waals surface area contributed by atoms with Crippen molar-refractivity contribution in [1.82, 2.24) is 15.5 Å². The Hall–Kier alpha value is -0.980. The van der Waals surface area contributed by atoms with E-state index in [1.54, 1.807) is 14.0 Å². The van der Waals surface area contributed by atoms with Gasteiger partial charge in [0.05, 0.1) is 25.8 Å². The molecule has 0 aromatic carbocycles. The van der Waals surface area contributed by atoms with Crippen molar-refractivity contribution in [3.63, 3.8) is 0 Å². The first kappa shape index (κ1) is 11.1. The van der Waals surface area contributed by atoms with Crippen LogP contribution in [0.25, 0.3) is 0 Å². The Labute approximate surface area is 82.3 Å². The van der Waals surface area contributed by atoms with Crippen molar-refractivity contribution in [1.29, 1.82) is 0 Å². The second-order valence-electron chi connectivity index (χ2n) is 2.95. The molecular formula is C8H15N3O3. The van der Waals surface area contributed by atoms with E-state index in [1.165, 1.54) is 0 Å². The fourth-order valence-corrected chi connectivity index (χ4v) is 1.03. The van der Waals surface area contributed by atoms with Gasteiger partial charge < -0.3 is 19.7 Å². The van der Waals surface area contributed by atoms with Crippen molar-refractivity contribution < 1.29 is 14.4 Å². The van der Waals surface area contributed by atoms with Crippen molar-refractivity contribution in [2.45, 2.75) is 19.5 Å². The zero-order chi connectivity index (χ0) is 10.4. The van der Waals surface area contributed by atoms with Crippen LogP contribution in [-0.2, 0) is 11.3 Å². The highest BCUT2D eigenvalue weighted by Crippen LogP contribution is 1.95.